The highest BCUT2D eigenvalue weighted by Gasteiger charge is 2.13. The number of benzene rings is 1. The summed E-state index contributed by atoms with van der Waals surface area (Å²) in [6, 6.07) is 4.87. The van der Waals surface area contributed by atoms with E-state index >= 15 is 0 Å². The van der Waals surface area contributed by atoms with Crippen LogP contribution < -0.4 is 10.5 Å². The monoisotopic (exact) mass is 268 g/mol. The minimum Gasteiger partial charge on any atom is -0.330 e. The number of sulfonamides is 1. The van der Waals surface area contributed by atoms with Gasteiger partial charge in [0.1, 0.15) is 5.82 Å². The van der Waals surface area contributed by atoms with Crippen LogP contribution in [0.2, 0.25) is 0 Å². The van der Waals surface area contributed by atoms with E-state index < -0.39 is 15.8 Å². The van der Waals surface area contributed by atoms with Crippen molar-refractivity contribution in [2.75, 3.05) is 13.1 Å². The predicted octanol–water partition coefficient (Wildman–Crippen LogP) is 0.875. The maximum atomic E-state index is 12.8. The number of nitrogens with two attached hydrogens (primary N) is 1. The van der Waals surface area contributed by atoms with Crippen molar-refractivity contribution in [2.45, 2.75) is 11.3 Å². The van der Waals surface area contributed by atoms with Gasteiger partial charge in [-0.3, -0.25) is 0 Å². The van der Waals surface area contributed by atoms with Crippen molar-refractivity contribution >= 4 is 22.4 Å². The second-order valence-corrected chi connectivity index (χ2v) is 4.76. The summed E-state index contributed by atoms with van der Waals surface area (Å²) >= 11 is 0. The summed E-state index contributed by atoms with van der Waals surface area (Å²) in [5.74, 6) is -0.573. The van der Waals surface area contributed by atoms with Crippen LogP contribution in [0.4, 0.5) is 4.39 Å². The largest absolute Gasteiger partial charge is 0.330 e. The highest BCUT2D eigenvalue weighted by atomic mass is 35.5. The predicted molar refractivity (Wildman–Crippen MR) is 62.5 cm³/mol. The van der Waals surface area contributed by atoms with E-state index in [1.165, 1.54) is 18.2 Å². The second-order valence-electron chi connectivity index (χ2n) is 3.00. The van der Waals surface area contributed by atoms with Crippen molar-refractivity contribution in [1.82, 2.24) is 4.72 Å². The Morgan fingerprint density at radius 2 is 2.06 bits per heavy atom. The van der Waals surface area contributed by atoms with Gasteiger partial charge in [0.05, 0.1) is 4.90 Å². The van der Waals surface area contributed by atoms with Gasteiger partial charge in [-0.15, -0.1) is 12.4 Å². The summed E-state index contributed by atoms with van der Waals surface area (Å²) in [7, 11) is -3.60. The van der Waals surface area contributed by atoms with Gasteiger partial charge < -0.3 is 5.73 Å². The lowest BCUT2D eigenvalue weighted by molar-refractivity contribution is 0.576. The third-order valence-corrected chi connectivity index (χ3v) is 3.24. The molecular weight excluding hydrogens is 255 g/mol. The maximum absolute atomic E-state index is 12.8. The van der Waals surface area contributed by atoms with Crippen LogP contribution >= 0.6 is 12.4 Å². The van der Waals surface area contributed by atoms with Crippen molar-refractivity contribution in [3.63, 3.8) is 0 Å². The lowest BCUT2D eigenvalue weighted by atomic mass is 10.4. The minimum absolute atomic E-state index is 0. The Morgan fingerprint density at radius 3 is 2.62 bits per heavy atom. The zero-order chi connectivity index (χ0) is 11.3. The number of hydrogen-bond acceptors (Lipinski definition) is 3. The third-order valence-electron chi connectivity index (χ3n) is 1.78. The molecule has 1 aromatic rings. The van der Waals surface area contributed by atoms with Crippen LogP contribution in [-0.4, -0.2) is 21.5 Å². The normalized spacial score (nSPS) is 10.9. The fraction of sp³-hybridized carbons (Fsp3) is 0.333. The van der Waals surface area contributed by atoms with Crippen LogP contribution in [0.1, 0.15) is 6.42 Å². The van der Waals surface area contributed by atoms with Gasteiger partial charge in [0.25, 0.3) is 0 Å². The van der Waals surface area contributed by atoms with Crippen molar-refractivity contribution < 1.29 is 12.8 Å². The summed E-state index contributed by atoms with van der Waals surface area (Å²) in [5.41, 5.74) is 5.23. The van der Waals surface area contributed by atoms with Gasteiger partial charge in [0, 0.05) is 6.54 Å². The first-order chi connectivity index (χ1) is 7.06. The fourth-order valence-electron chi connectivity index (χ4n) is 1.03. The molecule has 0 amide bonds. The van der Waals surface area contributed by atoms with Gasteiger partial charge in [-0.1, -0.05) is 6.07 Å². The first kappa shape index (κ1) is 15.3. The minimum atomic E-state index is -3.60. The van der Waals surface area contributed by atoms with Crippen LogP contribution in [0.15, 0.2) is 29.2 Å². The number of rotatable bonds is 5. The Bertz CT molecular complexity index is 425. The summed E-state index contributed by atoms with van der Waals surface area (Å²) in [6.45, 7) is 0.668. The Labute approximate surface area is 100 Å². The summed E-state index contributed by atoms with van der Waals surface area (Å²) in [5, 5.41) is 0. The van der Waals surface area contributed by atoms with E-state index in [4.69, 9.17) is 5.73 Å². The Hall–Kier alpha value is -0.690. The van der Waals surface area contributed by atoms with Crippen LogP contribution in [-0.2, 0) is 10.0 Å². The molecular formula is C9H14ClFN2O2S. The first-order valence-corrected chi connectivity index (χ1v) is 6.00. The quantitative estimate of drug-likeness (QED) is 0.779. The molecule has 0 aliphatic rings. The standard InChI is InChI=1S/C9H13FN2O2S.ClH/c10-8-3-1-4-9(7-8)15(13,14)12-6-2-5-11;/h1,3-4,7,12H,2,5-6,11H2;1H. The topological polar surface area (TPSA) is 72.2 Å². The van der Waals surface area contributed by atoms with Crippen LogP contribution in [0.25, 0.3) is 0 Å². The average molecular weight is 269 g/mol. The first-order valence-electron chi connectivity index (χ1n) is 4.51. The maximum Gasteiger partial charge on any atom is 0.240 e. The highest BCUT2D eigenvalue weighted by molar-refractivity contribution is 7.89. The van der Waals surface area contributed by atoms with E-state index in [9.17, 15) is 12.8 Å². The Morgan fingerprint density at radius 1 is 1.38 bits per heavy atom. The Balaban J connectivity index is 0.00000225. The zero-order valence-electron chi connectivity index (χ0n) is 8.52. The molecule has 92 valence electrons. The van der Waals surface area contributed by atoms with Gasteiger partial charge >= 0.3 is 0 Å². The van der Waals surface area contributed by atoms with Crippen LogP contribution in [0, 0.1) is 5.82 Å². The van der Waals surface area contributed by atoms with Crippen molar-refractivity contribution in [3.8, 4) is 0 Å². The molecule has 16 heavy (non-hydrogen) atoms. The SMILES string of the molecule is Cl.NCCCNS(=O)(=O)c1cccc(F)c1. The molecule has 0 aliphatic heterocycles. The molecule has 0 atom stereocenters. The molecule has 0 fully saturated rings. The van der Waals surface area contributed by atoms with Gasteiger partial charge in [-0.25, -0.2) is 17.5 Å². The summed E-state index contributed by atoms with van der Waals surface area (Å²) < 4.78 is 38.2. The van der Waals surface area contributed by atoms with Gasteiger partial charge in [-0.05, 0) is 31.2 Å². The van der Waals surface area contributed by atoms with E-state index in [1.807, 2.05) is 0 Å². The molecule has 0 spiro atoms. The summed E-state index contributed by atoms with van der Waals surface area (Å²) in [4.78, 5) is -0.0699. The molecule has 0 aliphatic carbocycles. The van der Waals surface area contributed by atoms with Gasteiger partial charge in [-0.2, -0.15) is 0 Å². The fourth-order valence-corrected chi connectivity index (χ4v) is 2.13. The molecule has 0 saturated carbocycles. The summed E-state index contributed by atoms with van der Waals surface area (Å²) in [6.07, 6.45) is 0.550. The molecule has 0 bridgehead atoms. The van der Waals surface area contributed by atoms with Gasteiger partial charge in [0.15, 0.2) is 0 Å². The molecule has 4 nitrogen and oxygen atoms in total. The van der Waals surface area contributed by atoms with E-state index in [2.05, 4.69) is 4.72 Å². The van der Waals surface area contributed by atoms with E-state index in [0.717, 1.165) is 6.07 Å². The van der Waals surface area contributed by atoms with E-state index in [-0.39, 0.29) is 23.8 Å². The number of hydrogen-bond donors (Lipinski definition) is 2. The van der Waals surface area contributed by atoms with E-state index in [1.54, 1.807) is 0 Å². The molecule has 7 heteroatoms. The second kappa shape index (κ2) is 6.80. The van der Waals surface area contributed by atoms with Crippen molar-refractivity contribution in [1.29, 1.82) is 0 Å². The molecule has 1 rings (SSSR count). The molecule has 0 saturated heterocycles. The zero-order valence-corrected chi connectivity index (χ0v) is 10.2. The molecule has 0 unspecified atom stereocenters. The number of halogens is 2. The number of nitrogens with one attached hydrogen (secondary N) is 1. The Kier molecular flexibility index (Phi) is 6.51. The lowest BCUT2D eigenvalue weighted by Gasteiger charge is -2.05. The highest BCUT2D eigenvalue weighted by Crippen LogP contribution is 2.09. The van der Waals surface area contributed by atoms with Crippen LogP contribution in [0.5, 0.6) is 0 Å². The molecule has 3 N–H and O–H groups in total. The lowest BCUT2D eigenvalue weighted by Crippen LogP contribution is -2.26. The molecule has 0 heterocycles. The van der Waals surface area contributed by atoms with Gasteiger partial charge in [0.2, 0.25) is 10.0 Å². The van der Waals surface area contributed by atoms with Crippen LogP contribution in [0.3, 0.4) is 0 Å². The smallest absolute Gasteiger partial charge is 0.240 e. The van der Waals surface area contributed by atoms with E-state index in [0.29, 0.717) is 13.0 Å². The van der Waals surface area contributed by atoms with Crippen molar-refractivity contribution in [2.24, 2.45) is 5.73 Å². The third kappa shape index (κ3) is 4.44. The molecule has 0 radical (unpaired) electrons. The average Bonchev–Trinajstić information content (AvgIpc) is 2.18. The molecule has 0 aromatic heterocycles. The molecule has 1 aromatic carbocycles. The van der Waals surface area contributed by atoms with Crippen molar-refractivity contribution in [3.05, 3.63) is 30.1 Å².